The highest BCUT2D eigenvalue weighted by molar-refractivity contribution is 6.11. The summed E-state index contributed by atoms with van der Waals surface area (Å²) < 4.78 is 9.07. The fourth-order valence-corrected chi connectivity index (χ4v) is 1.81. The summed E-state index contributed by atoms with van der Waals surface area (Å²) in [6, 6.07) is 0. The van der Waals surface area contributed by atoms with Crippen LogP contribution in [-0.4, -0.2) is 48.4 Å². The molecule has 2 amide bonds. The molecule has 16 heavy (non-hydrogen) atoms. The van der Waals surface area contributed by atoms with Crippen LogP contribution >= 0.6 is 0 Å². The predicted molar refractivity (Wildman–Crippen MR) is 46.7 cm³/mol. The van der Waals surface area contributed by atoms with Crippen LogP contribution < -0.4 is 0 Å². The molecule has 2 fully saturated rings. The summed E-state index contributed by atoms with van der Waals surface area (Å²) in [6.45, 7) is -0.432. The lowest BCUT2D eigenvalue weighted by Gasteiger charge is -2.13. The number of nitrogens with zero attached hydrogens (tertiary/aromatic N) is 1. The number of fused-ring (bicyclic) bond motifs is 1. The van der Waals surface area contributed by atoms with Crippen LogP contribution in [0.2, 0.25) is 0 Å². The zero-order valence-corrected chi connectivity index (χ0v) is 8.47. The lowest BCUT2D eigenvalue weighted by atomic mass is 10.0. The molecule has 0 spiro atoms. The Morgan fingerprint density at radius 3 is 2.69 bits per heavy atom. The first-order valence-electron chi connectivity index (χ1n) is 4.66. The minimum Gasteiger partial charge on any atom is -0.468 e. The summed E-state index contributed by atoms with van der Waals surface area (Å²) in [6.07, 6.45) is -1.16. The van der Waals surface area contributed by atoms with Gasteiger partial charge in [-0.1, -0.05) is 0 Å². The van der Waals surface area contributed by atoms with Crippen molar-refractivity contribution in [2.24, 2.45) is 5.92 Å². The van der Waals surface area contributed by atoms with Gasteiger partial charge in [0.1, 0.15) is 6.54 Å². The molecule has 7 nitrogen and oxygen atoms in total. The number of carbonyl (C=O) groups excluding carboxylic acids is 4. The molecule has 0 N–H and O–H groups in total. The second-order valence-electron chi connectivity index (χ2n) is 3.56. The normalized spacial score (nSPS) is 28.1. The fourth-order valence-electron chi connectivity index (χ4n) is 1.81. The number of rotatable bonds is 2. The molecular weight excluding hydrogens is 218 g/mol. The second-order valence-corrected chi connectivity index (χ2v) is 3.56. The van der Waals surface area contributed by atoms with Crippen LogP contribution in [0.4, 0.5) is 0 Å². The monoisotopic (exact) mass is 227 g/mol. The smallest absolute Gasteiger partial charge is 0.325 e. The molecule has 0 aliphatic carbocycles. The number of hydrogen-bond acceptors (Lipinski definition) is 6. The summed E-state index contributed by atoms with van der Waals surface area (Å²) >= 11 is 0. The third-order valence-corrected chi connectivity index (χ3v) is 2.62. The Labute approximate surface area is 90.3 Å². The van der Waals surface area contributed by atoms with Crippen molar-refractivity contribution in [2.75, 3.05) is 13.7 Å². The lowest BCUT2D eigenvalue weighted by Crippen LogP contribution is -2.38. The van der Waals surface area contributed by atoms with Crippen molar-refractivity contribution in [3.63, 3.8) is 0 Å². The van der Waals surface area contributed by atoms with Gasteiger partial charge in [0.05, 0.1) is 19.4 Å². The number of methoxy groups -OCH3 is 1. The maximum absolute atomic E-state index is 11.7. The van der Waals surface area contributed by atoms with Gasteiger partial charge >= 0.3 is 11.9 Å². The number of imide groups is 1. The van der Waals surface area contributed by atoms with Crippen LogP contribution in [0.5, 0.6) is 0 Å². The first kappa shape index (κ1) is 10.6. The summed E-state index contributed by atoms with van der Waals surface area (Å²) in [4.78, 5) is 45.9. The Kier molecular flexibility index (Phi) is 2.37. The minimum atomic E-state index is -1.05. The number of carbonyl (C=O) groups is 4. The van der Waals surface area contributed by atoms with Gasteiger partial charge < -0.3 is 9.47 Å². The van der Waals surface area contributed by atoms with Gasteiger partial charge in [0.2, 0.25) is 5.91 Å². The molecule has 2 saturated heterocycles. The number of likely N-dealkylation sites (tertiary alicyclic amines) is 1. The first-order valence-corrected chi connectivity index (χ1v) is 4.66. The van der Waals surface area contributed by atoms with Crippen LogP contribution in [0.15, 0.2) is 0 Å². The fraction of sp³-hybridized carbons (Fsp3) is 0.556. The molecule has 0 saturated carbocycles. The van der Waals surface area contributed by atoms with Gasteiger partial charge in [0.15, 0.2) is 6.10 Å². The van der Waals surface area contributed by atoms with E-state index in [0.717, 1.165) is 12.0 Å². The summed E-state index contributed by atoms with van der Waals surface area (Å²) in [5.41, 5.74) is 0. The average Bonchev–Trinajstić information content (AvgIpc) is 2.73. The molecule has 2 heterocycles. The van der Waals surface area contributed by atoms with Gasteiger partial charge in [-0.15, -0.1) is 0 Å². The van der Waals surface area contributed by atoms with E-state index < -0.39 is 42.3 Å². The van der Waals surface area contributed by atoms with Crippen molar-refractivity contribution in [1.29, 1.82) is 0 Å². The van der Waals surface area contributed by atoms with Gasteiger partial charge in [-0.3, -0.25) is 24.1 Å². The Morgan fingerprint density at radius 1 is 1.44 bits per heavy atom. The Balaban J connectivity index is 2.14. The van der Waals surface area contributed by atoms with Crippen molar-refractivity contribution in [2.45, 2.75) is 12.5 Å². The van der Waals surface area contributed by atoms with Crippen molar-refractivity contribution in [3.05, 3.63) is 0 Å². The van der Waals surface area contributed by atoms with E-state index >= 15 is 0 Å². The maximum atomic E-state index is 11.7. The highest BCUT2D eigenvalue weighted by Gasteiger charge is 2.55. The van der Waals surface area contributed by atoms with Gasteiger partial charge in [-0.2, -0.15) is 0 Å². The zero-order valence-electron chi connectivity index (χ0n) is 8.47. The number of esters is 2. The van der Waals surface area contributed by atoms with Gasteiger partial charge in [-0.05, 0) is 0 Å². The summed E-state index contributed by atoms with van der Waals surface area (Å²) in [7, 11) is 1.16. The van der Waals surface area contributed by atoms with Crippen LogP contribution in [0.3, 0.4) is 0 Å². The number of amides is 2. The molecule has 86 valence electrons. The van der Waals surface area contributed by atoms with Gasteiger partial charge in [0, 0.05) is 0 Å². The molecule has 0 unspecified atom stereocenters. The Morgan fingerprint density at radius 2 is 2.12 bits per heavy atom. The first-order chi connectivity index (χ1) is 7.54. The predicted octanol–water partition coefficient (Wildman–Crippen LogP) is -1.54. The largest absolute Gasteiger partial charge is 0.468 e. The Hall–Kier alpha value is -1.92. The van der Waals surface area contributed by atoms with Crippen molar-refractivity contribution < 1.29 is 28.7 Å². The minimum absolute atomic E-state index is 0.104. The third kappa shape index (κ3) is 1.44. The molecule has 2 rings (SSSR count). The van der Waals surface area contributed by atoms with Crippen molar-refractivity contribution in [3.8, 4) is 0 Å². The molecule has 0 bridgehead atoms. The molecule has 0 aromatic carbocycles. The molecular formula is C9H9NO6. The van der Waals surface area contributed by atoms with Crippen LogP contribution in [-0.2, 0) is 28.7 Å². The van der Waals surface area contributed by atoms with Gasteiger partial charge in [0.25, 0.3) is 5.91 Å². The molecule has 0 aromatic rings. The highest BCUT2D eigenvalue weighted by atomic mass is 16.6. The second kappa shape index (κ2) is 3.58. The van der Waals surface area contributed by atoms with E-state index in [1.165, 1.54) is 0 Å². The standard InChI is InChI=1S/C9H9NO6/c1-15-6(12)3-10-8(13)4-2-5(11)16-7(4)9(10)14/h4,7H,2-3H2,1H3/t4-,7+/m1/s1. The van der Waals surface area contributed by atoms with E-state index in [4.69, 9.17) is 4.74 Å². The third-order valence-electron chi connectivity index (χ3n) is 2.62. The Bertz CT molecular complexity index is 363. The molecule has 0 radical (unpaired) electrons. The average molecular weight is 227 g/mol. The molecule has 7 heteroatoms. The number of hydrogen-bond donors (Lipinski definition) is 0. The van der Waals surface area contributed by atoms with E-state index in [1.54, 1.807) is 0 Å². The highest BCUT2D eigenvalue weighted by Crippen LogP contribution is 2.31. The van der Waals surface area contributed by atoms with E-state index in [9.17, 15) is 19.2 Å². The van der Waals surface area contributed by atoms with Crippen LogP contribution in [0, 0.1) is 5.92 Å². The van der Waals surface area contributed by atoms with E-state index in [-0.39, 0.29) is 6.42 Å². The summed E-state index contributed by atoms with van der Waals surface area (Å²) in [5, 5.41) is 0. The summed E-state index contributed by atoms with van der Waals surface area (Å²) in [5.74, 6) is -3.22. The van der Waals surface area contributed by atoms with Crippen LogP contribution in [0.1, 0.15) is 6.42 Å². The van der Waals surface area contributed by atoms with Gasteiger partial charge in [-0.25, -0.2) is 0 Å². The molecule has 2 aliphatic rings. The quantitative estimate of drug-likeness (QED) is 0.419. The molecule has 2 aliphatic heterocycles. The number of ether oxygens (including phenoxy) is 2. The lowest BCUT2D eigenvalue weighted by molar-refractivity contribution is -0.156. The van der Waals surface area contributed by atoms with Crippen LogP contribution in [0.25, 0.3) is 0 Å². The topological polar surface area (TPSA) is 90.0 Å². The molecule has 0 aromatic heterocycles. The maximum Gasteiger partial charge on any atom is 0.325 e. The SMILES string of the molecule is COC(=O)CN1C(=O)[C@H]2OC(=O)C[C@H]2C1=O. The van der Waals surface area contributed by atoms with E-state index in [2.05, 4.69) is 4.74 Å². The van der Waals surface area contributed by atoms with E-state index in [0.29, 0.717) is 0 Å². The van der Waals surface area contributed by atoms with Crippen molar-refractivity contribution >= 4 is 23.8 Å². The van der Waals surface area contributed by atoms with Crippen molar-refractivity contribution in [1.82, 2.24) is 4.90 Å². The molecule has 2 atom stereocenters. The van der Waals surface area contributed by atoms with E-state index in [1.807, 2.05) is 0 Å². The zero-order chi connectivity index (χ0) is 11.9.